The summed E-state index contributed by atoms with van der Waals surface area (Å²) in [5.74, 6) is 0. The Morgan fingerprint density at radius 2 is 1.93 bits per heavy atom. The molecule has 0 radical (unpaired) electrons. The molecule has 1 aromatic carbocycles. The van der Waals surface area contributed by atoms with E-state index in [2.05, 4.69) is 62.2 Å². The number of alkyl halides is 1. The molecule has 0 heterocycles. The van der Waals surface area contributed by atoms with Crippen LogP contribution in [0.4, 0.5) is 0 Å². The molecule has 2 rings (SSSR count). The van der Waals surface area contributed by atoms with Gasteiger partial charge in [-0.05, 0) is 31.4 Å². The summed E-state index contributed by atoms with van der Waals surface area (Å²) in [7, 11) is 0. The molecule has 1 aliphatic rings. The molecule has 15 heavy (non-hydrogen) atoms. The summed E-state index contributed by atoms with van der Waals surface area (Å²) < 4.78 is 1.37. The van der Waals surface area contributed by atoms with E-state index < -0.39 is 0 Å². The van der Waals surface area contributed by atoms with Crippen LogP contribution in [0, 0.1) is 0 Å². The molecule has 0 N–H and O–H groups in total. The van der Waals surface area contributed by atoms with E-state index >= 15 is 0 Å². The molecule has 0 aliphatic heterocycles. The van der Waals surface area contributed by atoms with Gasteiger partial charge in [0, 0.05) is 19.1 Å². The molecular formula is C12H12Br2S. The Kier molecular flexibility index (Phi) is 4.35. The lowest BCUT2D eigenvalue weighted by Gasteiger charge is -2.21. The molecule has 1 unspecified atom stereocenters. The Hall–Kier alpha value is 0.270. The molecule has 0 fully saturated rings. The molecule has 0 saturated heterocycles. The molecule has 0 bridgehead atoms. The van der Waals surface area contributed by atoms with Crippen LogP contribution in [0.25, 0.3) is 0 Å². The van der Waals surface area contributed by atoms with E-state index in [4.69, 9.17) is 0 Å². The van der Waals surface area contributed by atoms with Gasteiger partial charge in [-0.2, -0.15) is 0 Å². The van der Waals surface area contributed by atoms with Gasteiger partial charge in [0.15, 0.2) is 0 Å². The van der Waals surface area contributed by atoms with Crippen LogP contribution in [-0.4, -0.2) is 4.83 Å². The second kappa shape index (κ2) is 5.55. The average Bonchev–Trinajstić information content (AvgIpc) is 2.25. The first-order chi connectivity index (χ1) is 7.27. The summed E-state index contributed by atoms with van der Waals surface area (Å²) in [6.07, 6.45) is 3.69. The van der Waals surface area contributed by atoms with Crippen molar-refractivity contribution in [1.82, 2.24) is 0 Å². The van der Waals surface area contributed by atoms with Crippen LogP contribution >= 0.6 is 43.6 Å². The topological polar surface area (TPSA) is 0 Å². The van der Waals surface area contributed by atoms with Crippen LogP contribution in [0.1, 0.15) is 19.3 Å². The van der Waals surface area contributed by atoms with E-state index in [0.29, 0.717) is 4.83 Å². The summed E-state index contributed by atoms with van der Waals surface area (Å²) in [6.45, 7) is 0. The van der Waals surface area contributed by atoms with E-state index in [-0.39, 0.29) is 0 Å². The first-order valence-corrected chi connectivity index (χ1v) is 7.55. The van der Waals surface area contributed by atoms with Crippen molar-refractivity contribution in [3.8, 4) is 0 Å². The van der Waals surface area contributed by atoms with Gasteiger partial charge >= 0.3 is 0 Å². The maximum absolute atomic E-state index is 3.74. The molecule has 0 nitrogen and oxygen atoms in total. The monoisotopic (exact) mass is 346 g/mol. The van der Waals surface area contributed by atoms with Crippen LogP contribution in [0.15, 0.2) is 44.6 Å². The number of allylic oxidation sites excluding steroid dienone is 2. The summed E-state index contributed by atoms with van der Waals surface area (Å²) in [5.41, 5.74) is 0. The second-order valence-corrected chi connectivity index (χ2v) is 6.72. The highest BCUT2D eigenvalue weighted by Gasteiger charge is 2.20. The average molecular weight is 348 g/mol. The quantitative estimate of drug-likeness (QED) is 0.651. The van der Waals surface area contributed by atoms with Gasteiger partial charge in [-0.3, -0.25) is 0 Å². The van der Waals surface area contributed by atoms with Crippen molar-refractivity contribution in [2.45, 2.75) is 29.0 Å². The SMILES string of the molecule is BrC1=C(Sc2ccccc2)C(Br)CCC1. The maximum Gasteiger partial charge on any atom is 0.0466 e. The number of benzene rings is 1. The largest absolute Gasteiger partial charge is 0.0925 e. The van der Waals surface area contributed by atoms with Crippen molar-refractivity contribution in [3.63, 3.8) is 0 Å². The first-order valence-electron chi connectivity index (χ1n) is 5.03. The molecule has 0 amide bonds. The van der Waals surface area contributed by atoms with Gasteiger partial charge in [-0.25, -0.2) is 0 Å². The highest BCUT2D eigenvalue weighted by Crippen LogP contribution is 2.42. The van der Waals surface area contributed by atoms with Crippen LogP contribution in [0.3, 0.4) is 0 Å². The number of hydrogen-bond acceptors (Lipinski definition) is 1. The maximum atomic E-state index is 3.74. The summed E-state index contributed by atoms with van der Waals surface area (Å²) in [5, 5.41) is 0. The zero-order chi connectivity index (χ0) is 10.7. The normalized spacial score (nSPS) is 21.9. The Balaban J connectivity index is 2.17. The lowest BCUT2D eigenvalue weighted by molar-refractivity contribution is 0.735. The van der Waals surface area contributed by atoms with Crippen LogP contribution in [-0.2, 0) is 0 Å². The molecule has 0 saturated carbocycles. The van der Waals surface area contributed by atoms with Gasteiger partial charge in [0.25, 0.3) is 0 Å². The lowest BCUT2D eigenvalue weighted by Crippen LogP contribution is -2.06. The minimum absolute atomic E-state index is 0.519. The van der Waals surface area contributed by atoms with Crippen molar-refractivity contribution >= 4 is 43.6 Å². The van der Waals surface area contributed by atoms with Crippen molar-refractivity contribution in [2.24, 2.45) is 0 Å². The number of thioether (sulfide) groups is 1. The highest BCUT2D eigenvalue weighted by atomic mass is 79.9. The predicted molar refractivity (Wildman–Crippen MR) is 74.8 cm³/mol. The Morgan fingerprint density at radius 3 is 2.60 bits per heavy atom. The Labute approximate surface area is 112 Å². The molecule has 1 aliphatic carbocycles. The number of hydrogen-bond donors (Lipinski definition) is 0. The van der Waals surface area contributed by atoms with Crippen molar-refractivity contribution in [1.29, 1.82) is 0 Å². The van der Waals surface area contributed by atoms with E-state index in [0.717, 1.165) is 0 Å². The fourth-order valence-electron chi connectivity index (χ4n) is 1.60. The standard InChI is InChI=1S/C12H12Br2S/c13-10-7-4-8-11(14)12(10)15-9-5-2-1-3-6-9/h1-3,5-6,10H,4,7-8H2. The van der Waals surface area contributed by atoms with Crippen molar-refractivity contribution in [2.75, 3.05) is 0 Å². The molecule has 80 valence electrons. The fourth-order valence-corrected chi connectivity index (χ4v) is 4.59. The summed E-state index contributed by atoms with van der Waals surface area (Å²) >= 11 is 9.29. The minimum atomic E-state index is 0.519. The molecular weight excluding hydrogens is 336 g/mol. The Bertz CT molecular complexity index is 359. The van der Waals surface area contributed by atoms with Crippen LogP contribution in [0.2, 0.25) is 0 Å². The highest BCUT2D eigenvalue weighted by molar-refractivity contribution is 9.12. The van der Waals surface area contributed by atoms with E-state index in [1.54, 1.807) is 0 Å². The minimum Gasteiger partial charge on any atom is -0.0925 e. The fraction of sp³-hybridized carbons (Fsp3) is 0.333. The summed E-state index contributed by atoms with van der Waals surface area (Å²) in [6, 6.07) is 10.5. The summed E-state index contributed by atoms with van der Waals surface area (Å²) in [4.78, 5) is 3.27. The molecule has 1 aromatic rings. The van der Waals surface area contributed by atoms with E-state index in [1.165, 1.54) is 33.5 Å². The van der Waals surface area contributed by atoms with Gasteiger partial charge in [-0.1, -0.05) is 61.8 Å². The van der Waals surface area contributed by atoms with E-state index in [9.17, 15) is 0 Å². The molecule has 0 spiro atoms. The predicted octanol–water partition coefficient (Wildman–Crippen LogP) is 5.33. The Morgan fingerprint density at radius 1 is 1.20 bits per heavy atom. The van der Waals surface area contributed by atoms with Gasteiger partial charge < -0.3 is 0 Å². The zero-order valence-corrected chi connectivity index (χ0v) is 12.2. The lowest BCUT2D eigenvalue weighted by atomic mass is 10.1. The molecule has 0 aromatic heterocycles. The number of rotatable bonds is 2. The van der Waals surface area contributed by atoms with Gasteiger partial charge in [0.1, 0.15) is 0 Å². The third-order valence-corrected chi connectivity index (χ3v) is 5.94. The smallest absolute Gasteiger partial charge is 0.0466 e. The molecule has 1 atom stereocenters. The van der Waals surface area contributed by atoms with Crippen molar-refractivity contribution in [3.05, 3.63) is 39.7 Å². The first kappa shape index (κ1) is 11.7. The number of halogens is 2. The van der Waals surface area contributed by atoms with Gasteiger partial charge in [0.05, 0.1) is 0 Å². The van der Waals surface area contributed by atoms with Gasteiger partial charge in [0.2, 0.25) is 0 Å². The van der Waals surface area contributed by atoms with E-state index in [1.807, 2.05) is 11.8 Å². The second-order valence-electron chi connectivity index (χ2n) is 3.54. The third-order valence-electron chi connectivity index (χ3n) is 2.38. The van der Waals surface area contributed by atoms with Crippen LogP contribution < -0.4 is 0 Å². The van der Waals surface area contributed by atoms with Crippen LogP contribution in [0.5, 0.6) is 0 Å². The third kappa shape index (κ3) is 3.11. The van der Waals surface area contributed by atoms with Gasteiger partial charge in [-0.15, -0.1) is 0 Å². The zero-order valence-electron chi connectivity index (χ0n) is 8.25. The van der Waals surface area contributed by atoms with Crippen molar-refractivity contribution < 1.29 is 0 Å². The molecule has 3 heteroatoms.